The largest absolute Gasteiger partial charge is 0.507 e. The van der Waals surface area contributed by atoms with E-state index in [1.807, 2.05) is 30.3 Å². The van der Waals surface area contributed by atoms with Gasteiger partial charge in [0.1, 0.15) is 22.9 Å². The molecule has 128 valence electrons. The third-order valence-corrected chi connectivity index (χ3v) is 5.97. The van der Waals surface area contributed by atoms with Crippen molar-refractivity contribution in [3.8, 4) is 5.75 Å². The number of aliphatic carboxylic acids is 1. The Labute approximate surface area is 147 Å². The van der Waals surface area contributed by atoms with Crippen LogP contribution in [0.3, 0.4) is 0 Å². The van der Waals surface area contributed by atoms with Crippen LogP contribution in [0, 0.1) is 0 Å². The van der Waals surface area contributed by atoms with Crippen molar-refractivity contribution >= 4 is 34.4 Å². The number of aromatic hydroxyl groups is 1. The Morgan fingerprint density at radius 1 is 1.32 bits per heavy atom. The molecule has 6 nitrogen and oxygen atoms in total. The number of benzene rings is 2. The number of carboxylic acids is 1. The van der Waals surface area contributed by atoms with Gasteiger partial charge in [-0.3, -0.25) is 9.69 Å². The number of phenols is 1. The smallest absolute Gasteiger partial charge is 0.352 e. The number of hydrogen-bond donors (Lipinski definition) is 3. The molecule has 0 unspecified atom stereocenters. The van der Waals surface area contributed by atoms with Crippen LogP contribution in [0.25, 0.3) is 10.8 Å². The first-order chi connectivity index (χ1) is 12.0. The van der Waals surface area contributed by atoms with Crippen molar-refractivity contribution in [3.05, 3.63) is 53.2 Å². The van der Waals surface area contributed by atoms with Crippen molar-refractivity contribution in [3.63, 3.8) is 0 Å². The van der Waals surface area contributed by atoms with Gasteiger partial charge in [0.2, 0.25) is 5.91 Å². The van der Waals surface area contributed by atoms with E-state index in [2.05, 4.69) is 0 Å². The van der Waals surface area contributed by atoms with Crippen LogP contribution < -0.4 is 5.73 Å². The number of hydrogen-bond acceptors (Lipinski definition) is 5. The first-order valence-electron chi connectivity index (χ1n) is 7.83. The molecule has 0 spiro atoms. The molecule has 0 radical (unpaired) electrons. The molecular formula is C18H16N2O4S. The number of carboxylic acid groups (broad SMARTS) is 1. The summed E-state index contributed by atoms with van der Waals surface area (Å²) in [5, 5.41) is 21.1. The molecule has 0 aromatic heterocycles. The predicted octanol–water partition coefficient (Wildman–Crippen LogP) is 1.67. The number of carbonyl (C=O) groups excluding carboxylic acids is 1. The van der Waals surface area contributed by atoms with Gasteiger partial charge in [-0.2, -0.15) is 0 Å². The Bertz CT molecular complexity index is 940. The fourth-order valence-corrected chi connectivity index (χ4v) is 4.71. The van der Waals surface area contributed by atoms with Crippen molar-refractivity contribution in [1.82, 2.24) is 4.90 Å². The monoisotopic (exact) mass is 356 g/mol. The highest BCUT2D eigenvalue weighted by molar-refractivity contribution is 8.00. The summed E-state index contributed by atoms with van der Waals surface area (Å²) in [7, 11) is 0. The van der Waals surface area contributed by atoms with Crippen LogP contribution in [-0.4, -0.2) is 44.2 Å². The number of β-lactam (4-membered cyclic amide) rings is 1. The Morgan fingerprint density at radius 2 is 2.08 bits per heavy atom. The van der Waals surface area contributed by atoms with E-state index >= 15 is 0 Å². The first-order valence-corrected chi connectivity index (χ1v) is 8.88. The van der Waals surface area contributed by atoms with Crippen molar-refractivity contribution in [2.45, 2.75) is 17.8 Å². The SMILES string of the molecule is N[C@@H]1C(=O)N2C(C(=O)O)=C(Cc3cc(O)c4ccccc4c3)CS[C@@H]12. The van der Waals surface area contributed by atoms with E-state index in [-0.39, 0.29) is 22.7 Å². The third kappa shape index (κ3) is 2.47. The number of amides is 1. The molecule has 4 N–H and O–H groups in total. The lowest BCUT2D eigenvalue weighted by Crippen LogP contribution is -2.68. The fourth-order valence-electron chi connectivity index (χ4n) is 3.42. The summed E-state index contributed by atoms with van der Waals surface area (Å²) in [6.45, 7) is 0. The van der Waals surface area contributed by atoms with Crippen LogP contribution in [0.5, 0.6) is 5.75 Å². The maximum absolute atomic E-state index is 12.0. The normalized spacial score (nSPS) is 22.8. The van der Waals surface area contributed by atoms with Gasteiger partial charge in [0, 0.05) is 11.1 Å². The number of thioether (sulfide) groups is 1. The molecule has 2 heterocycles. The van der Waals surface area contributed by atoms with Gasteiger partial charge in [-0.1, -0.05) is 30.3 Å². The van der Waals surface area contributed by atoms with E-state index in [1.165, 1.54) is 16.7 Å². The zero-order valence-corrected chi connectivity index (χ0v) is 14.0. The second kappa shape index (κ2) is 5.79. The number of carbonyl (C=O) groups is 2. The van der Waals surface area contributed by atoms with Crippen molar-refractivity contribution in [2.24, 2.45) is 5.73 Å². The molecule has 2 aromatic rings. The molecule has 1 saturated heterocycles. The Kier molecular flexibility index (Phi) is 3.70. The van der Waals surface area contributed by atoms with Crippen LogP contribution in [0.2, 0.25) is 0 Å². The van der Waals surface area contributed by atoms with E-state index in [1.54, 1.807) is 6.07 Å². The van der Waals surface area contributed by atoms with Gasteiger partial charge < -0.3 is 15.9 Å². The van der Waals surface area contributed by atoms with Crippen LogP contribution >= 0.6 is 11.8 Å². The Hall–Kier alpha value is -2.51. The Balaban J connectivity index is 1.74. The molecule has 2 aromatic carbocycles. The minimum Gasteiger partial charge on any atom is -0.507 e. The predicted molar refractivity (Wildman–Crippen MR) is 95.0 cm³/mol. The van der Waals surface area contributed by atoms with Gasteiger partial charge in [0.15, 0.2) is 0 Å². The van der Waals surface area contributed by atoms with E-state index in [9.17, 15) is 19.8 Å². The van der Waals surface area contributed by atoms with Crippen LogP contribution in [-0.2, 0) is 16.0 Å². The minimum atomic E-state index is -1.12. The number of nitrogens with zero attached hydrogens (tertiary/aromatic N) is 1. The van der Waals surface area contributed by atoms with Crippen molar-refractivity contribution in [2.75, 3.05) is 5.75 Å². The lowest BCUT2D eigenvalue weighted by atomic mass is 9.97. The van der Waals surface area contributed by atoms with E-state index in [4.69, 9.17) is 5.73 Å². The highest BCUT2D eigenvalue weighted by atomic mass is 32.2. The number of nitrogens with two attached hydrogens (primary N) is 1. The molecule has 0 aliphatic carbocycles. The van der Waals surface area contributed by atoms with Gasteiger partial charge in [-0.05, 0) is 29.0 Å². The van der Waals surface area contributed by atoms with Crippen LogP contribution in [0.1, 0.15) is 5.56 Å². The second-order valence-corrected chi connectivity index (χ2v) is 7.31. The van der Waals surface area contributed by atoms with E-state index in [0.29, 0.717) is 17.7 Å². The van der Waals surface area contributed by atoms with Crippen molar-refractivity contribution < 1.29 is 19.8 Å². The third-order valence-electron chi connectivity index (χ3n) is 4.61. The molecule has 7 heteroatoms. The molecule has 2 aliphatic heterocycles. The first kappa shape index (κ1) is 16.0. The highest BCUT2D eigenvalue weighted by Gasteiger charge is 2.51. The van der Waals surface area contributed by atoms with Crippen molar-refractivity contribution in [1.29, 1.82) is 0 Å². The summed E-state index contributed by atoms with van der Waals surface area (Å²) in [4.78, 5) is 25.0. The lowest BCUT2D eigenvalue weighted by molar-refractivity contribution is -0.148. The van der Waals surface area contributed by atoms with E-state index in [0.717, 1.165) is 16.3 Å². The highest BCUT2D eigenvalue weighted by Crippen LogP contribution is 2.40. The molecule has 4 rings (SSSR count). The topological polar surface area (TPSA) is 104 Å². The molecule has 2 atom stereocenters. The summed E-state index contributed by atoms with van der Waals surface area (Å²) in [5.41, 5.74) is 7.25. The maximum atomic E-state index is 12.0. The molecular weight excluding hydrogens is 340 g/mol. The molecule has 25 heavy (non-hydrogen) atoms. The average molecular weight is 356 g/mol. The zero-order chi connectivity index (χ0) is 17.7. The summed E-state index contributed by atoms with van der Waals surface area (Å²) < 4.78 is 0. The fraction of sp³-hybridized carbons (Fsp3) is 0.222. The number of rotatable bonds is 3. The maximum Gasteiger partial charge on any atom is 0.352 e. The van der Waals surface area contributed by atoms with Gasteiger partial charge in [0.25, 0.3) is 0 Å². The standard InChI is InChI=1S/C18H16N2O4S/c19-14-16(22)20-15(18(23)24)11(8-25-17(14)20)6-9-5-10-3-1-2-4-12(10)13(21)7-9/h1-5,7,14,17,21H,6,8,19H2,(H,23,24)/t14-,17+/m1/s1. The van der Waals surface area contributed by atoms with Gasteiger partial charge in [0.05, 0.1) is 0 Å². The molecule has 0 bridgehead atoms. The van der Waals surface area contributed by atoms with Gasteiger partial charge in [-0.25, -0.2) is 4.79 Å². The molecule has 1 fully saturated rings. The molecule has 1 amide bonds. The van der Waals surface area contributed by atoms with Crippen LogP contribution in [0.4, 0.5) is 0 Å². The molecule has 2 aliphatic rings. The van der Waals surface area contributed by atoms with Gasteiger partial charge in [-0.15, -0.1) is 11.8 Å². The Morgan fingerprint density at radius 3 is 2.84 bits per heavy atom. The summed E-state index contributed by atoms with van der Waals surface area (Å²) in [6, 6.07) is 10.4. The summed E-state index contributed by atoms with van der Waals surface area (Å²) in [6.07, 6.45) is 0.360. The van der Waals surface area contributed by atoms with E-state index < -0.39 is 12.0 Å². The number of phenolic OH excluding ortho intramolecular Hbond substituents is 1. The number of fused-ring (bicyclic) bond motifs is 2. The molecule has 0 saturated carbocycles. The second-order valence-electron chi connectivity index (χ2n) is 6.21. The van der Waals surface area contributed by atoms with Crippen LogP contribution in [0.15, 0.2) is 47.7 Å². The lowest BCUT2D eigenvalue weighted by Gasteiger charge is -2.48. The van der Waals surface area contributed by atoms with Gasteiger partial charge >= 0.3 is 5.97 Å². The minimum absolute atomic E-state index is 0.0306. The summed E-state index contributed by atoms with van der Waals surface area (Å²) >= 11 is 1.48. The average Bonchev–Trinajstić information content (AvgIpc) is 2.60. The summed E-state index contributed by atoms with van der Waals surface area (Å²) in [5.74, 6) is -0.815. The zero-order valence-electron chi connectivity index (χ0n) is 13.2. The quantitative estimate of drug-likeness (QED) is 0.723.